The first-order valence-electron chi connectivity index (χ1n) is 5.56. The Morgan fingerprint density at radius 1 is 1.47 bits per heavy atom. The maximum Gasteiger partial charge on any atom is 0.132 e. The molecule has 1 aromatic rings. The van der Waals surface area contributed by atoms with Crippen molar-refractivity contribution in [2.24, 2.45) is 0 Å². The minimum Gasteiger partial charge on any atom is -0.381 e. The molecule has 1 unspecified atom stereocenters. The Hall–Kier alpha value is -0.760. The van der Waals surface area contributed by atoms with Crippen molar-refractivity contribution in [1.29, 1.82) is 0 Å². The van der Waals surface area contributed by atoms with Crippen LogP contribution in [-0.2, 0) is 0 Å². The van der Waals surface area contributed by atoms with Crippen molar-refractivity contribution in [2.75, 3.05) is 5.32 Å². The smallest absolute Gasteiger partial charge is 0.132 e. The van der Waals surface area contributed by atoms with Crippen molar-refractivity contribution in [2.45, 2.75) is 46.1 Å². The monoisotopic (exact) mass is 226 g/mol. The summed E-state index contributed by atoms with van der Waals surface area (Å²) in [5.74, 6) is 0. The average molecular weight is 227 g/mol. The van der Waals surface area contributed by atoms with Crippen molar-refractivity contribution < 1.29 is 0 Å². The highest BCUT2D eigenvalue weighted by atomic mass is 35.5. The lowest BCUT2D eigenvalue weighted by atomic mass is 10.1. The van der Waals surface area contributed by atoms with Crippen LogP contribution in [0.4, 0.5) is 5.69 Å². The molecular formula is C12H19ClN2. The van der Waals surface area contributed by atoms with Gasteiger partial charge in [-0.1, -0.05) is 31.9 Å². The molecule has 0 saturated heterocycles. The highest BCUT2D eigenvalue weighted by Gasteiger charge is 2.05. The van der Waals surface area contributed by atoms with Crippen LogP contribution in [0.25, 0.3) is 0 Å². The molecule has 1 N–H and O–H groups in total. The molecular weight excluding hydrogens is 208 g/mol. The largest absolute Gasteiger partial charge is 0.381 e. The molecule has 0 aromatic carbocycles. The zero-order chi connectivity index (χ0) is 11.3. The summed E-state index contributed by atoms with van der Waals surface area (Å²) in [4.78, 5) is 4.13. The molecule has 1 aromatic heterocycles. The van der Waals surface area contributed by atoms with Crippen LogP contribution >= 0.6 is 11.6 Å². The fourth-order valence-corrected chi connectivity index (χ4v) is 1.70. The Morgan fingerprint density at radius 3 is 2.73 bits per heavy atom. The van der Waals surface area contributed by atoms with Gasteiger partial charge in [0, 0.05) is 6.04 Å². The van der Waals surface area contributed by atoms with Crippen LogP contribution in [0.3, 0.4) is 0 Å². The fourth-order valence-electron chi connectivity index (χ4n) is 1.60. The summed E-state index contributed by atoms with van der Waals surface area (Å²) in [7, 11) is 0. The molecule has 2 nitrogen and oxygen atoms in total. The molecule has 0 saturated carbocycles. The van der Waals surface area contributed by atoms with E-state index in [0.717, 1.165) is 17.7 Å². The molecule has 15 heavy (non-hydrogen) atoms. The number of aryl methyl sites for hydroxylation is 1. The molecule has 1 heterocycles. The number of hydrogen-bond donors (Lipinski definition) is 1. The summed E-state index contributed by atoms with van der Waals surface area (Å²) >= 11 is 5.87. The van der Waals surface area contributed by atoms with E-state index in [1.807, 2.05) is 13.0 Å². The highest BCUT2D eigenvalue weighted by Crippen LogP contribution is 2.18. The lowest BCUT2D eigenvalue weighted by molar-refractivity contribution is 0.622. The third-order valence-corrected chi connectivity index (χ3v) is 2.91. The Bertz CT molecular complexity index is 312. The van der Waals surface area contributed by atoms with E-state index in [1.54, 1.807) is 6.20 Å². The first kappa shape index (κ1) is 12.3. The molecule has 0 amide bonds. The summed E-state index contributed by atoms with van der Waals surface area (Å²) in [6.07, 6.45) is 5.33. The Kier molecular flexibility index (Phi) is 4.89. The quantitative estimate of drug-likeness (QED) is 0.767. The predicted molar refractivity (Wildman–Crippen MR) is 66.6 cm³/mol. The summed E-state index contributed by atoms with van der Waals surface area (Å²) in [5.41, 5.74) is 2.09. The molecule has 0 spiro atoms. The van der Waals surface area contributed by atoms with Gasteiger partial charge < -0.3 is 5.32 Å². The van der Waals surface area contributed by atoms with Gasteiger partial charge in [0.25, 0.3) is 0 Å². The minimum absolute atomic E-state index is 0.539. The second kappa shape index (κ2) is 5.96. The van der Waals surface area contributed by atoms with Gasteiger partial charge in [-0.05, 0) is 31.4 Å². The van der Waals surface area contributed by atoms with Gasteiger partial charge in [-0.15, -0.1) is 0 Å². The minimum atomic E-state index is 0.539. The lowest BCUT2D eigenvalue weighted by Gasteiger charge is -2.17. The number of rotatable bonds is 5. The number of anilines is 1. The van der Waals surface area contributed by atoms with Crippen LogP contribution in [-0.4, -0.2) is 11.0 Å². The third kappa shape index (κ3) is 3.71. The zero-order valence-corrected chi connectivity index (χ0v) is 10.4. The van der Waals surface area contributed by atoms with E-state index in [-0.39, 0.29) is 0 Å². The summed E-state index contributed by atoms with van der Waals surface area (Å²) in [5, 5.41) is 4.06. The van der Waals surface area contributed by atoms with Crippen molar-refractivity contribution >= 4 is 17.3 Å². The van der Waals surface area contributed by atoms with Crippen LogP contribution in [0, 0.1) is 6.92 Å². The second-order valence-electron chi connectivity index (χ2n) is 3.87. The molecule has 0 bridgehead atoms. The molecule has 84 valence electrons. The SMILES string of the molecule is CCCC(CC)Nc1cnc(Cl)c(C)c1. The molecule has 3 heteroatoms. The average Bonchev–Trinajstić information content (AvgIpc) is 2.23. The summed E-state index contributed by atoms with van der Waals surface area (Å²) < 4.78 is 0. The van der Waals surface area contributed by atoms with Gasteiger partial charge in [0.15, 0.2) is 0 Å². The van der Waals surface area contributed by atoms with Gasteiger partial charge in [0.1, 0.15) is 5.15 Å². The highest BCUT2D eigenvalue weighted by molar-refractivity contribution is 6.30. The standard InChI is InChI=1S/C12H19ClN2/c1-4-6-10(5-2)15-11-7-9(3)12(13)14-8-11/h7-8,10,15H,4-6H2,1-3H3. The van der Waals surface area contributed by atoms with E-state index in [2.05, 4.69) is 24.1 Å². The number of hydrogen-bond acceptors (Lipinski definition) is 2. The van der Waals surface area contributed by atoms with Gasteiger partial charge in [0.2, 0.25) is 0 Å². The molecule has 0 aliphatic heterocycles. The first-order valence-corrected chi connectivity index (χ1v) is 5.93. The van der Waals surface area contributed by atoms with Crippen LogP contribution in [0.5, 0.6) is 0 Å². The van der Waals surface area contributed by atoms with E-state index < -0.39 is 0 Å². The van der Waals surface area contributed by atoms with Gasteiger partial charge in [-0.3, -0.25) is 0 Å². The summed E-state index contributed by atoms with van der Waals surface area (Å²) in [6.45, 7) is 6.38. The Morgan fingerprint density at radius 2 is 2.20 bits per heavy atom. The van der Waals surface area contributed by atoms with Crippen LogP contribution in [0.2, 0.25) is 5.15 Å². The maximum atomic E-state index is 5.87. The molecule has 1 rings (SSSR count). The molecule has 1 atom stereocenters. The van der Waals surface area contributed by atoms with Crippen molar-refractivity contribution in [3.63, 3.8) is 0 Å². The molecule has 0 radical (unpaired) electrons. The van der Waals surface area contributed by atoms with E-state index in [4.69, 9.17) is 11.6 Å². The van der Waals surface area contributed by atoms with E-state index in [1.165, 1.54) is 12.8 Å². The van der Waals surface area contributed by atoms with Crippen molar-refractivity contribution in [1.82, 2.24) is 4.98 Å². The van der Waals surface area contributed by atoms with Crippen LogP contribution < -0.4 is 5.32 Å². The van der Waals surface area contributed by atoms with E-state index in [9.17, 15) is 0 Å². The van der Waals surface area contributed by atoms with E-state index >= 15 is 0 Å². The van der Waals surface area contributed by atoms with Crippen molar-refractivity contribution in [3.8, 4) is 0 Å². The van der Waals surface area contributed by atoms with E-state index in [0.29, 0.717) is 11.2 Å². The molecule has 0 fully saturated rings. The normalized spacial score (nSPS) is 12.5. The number of aromatic nitrogens is 1. The van der Waals surface area contributed by atoms with Crippen LogP contribution in [0.1, 0.15) is 38.7 Å². The topological polar surface area (TPSA) is 24.9 Å². The van der Waals surface area contributed by atoms with Crippen molar-refractivity contribution in [3.05, 3.63) is 23.0 Å². The fraction of sp³-hybridized carbons (Fsp3) is 0.583. The van der Waals surface area contributed by atoms with Gasteiger partial charge in [0.05, 0.1) is 11.9 Å². The van der Waals surface area contributed by atoms with Gasteiger partial charge in [-0.2, -0.15) is 0 Å². The Balaban J connectivity index is 2.66. The molecule has 0 aliphatic carbocycles. The third-order valence-electron chi connectivity index (χ3n) is 2.52. The Labute approximate surface area is 97.1 Å². The van der Waals surface area contributed by atoms with Gasteiger partial charge >= 0.3 is 0 Å². The second-order valence-corrected chi connectivity index (χ2v) is 4.23. The van der Waals surface area contributed by atoms with Crippen LogP contribution in [0.15, 0.2) is 12.3 Å². The number of halogens is 1. The summed E-state index contributed by atoms with van der Waals surface area (Å²) in [6, 6.07) is 2.59. The number of pyridine rings is 1. The lowest BCUT2D eigenvalue weighted by Crippen LogP contribution is -2.18. The number of nitrogens with zero attached hydrogens (tertiary/aromatic N) is 1. The zero-order valence-electron chi connectivity index (χ0n) is 9.68. The van der Waals surface area contributed by atoms with Gasteiger partial charge in [-0.25, -0.2) is 4.98 Å². The number of nitrogens with one attached hydrogen (secondary N) is 1. The predicted octanol–water partition coefficient (Wildman–Crippen LogP) is 4.03. The first-order chi connectivity index (χ1) is 7.17. The molecule has 0 aliphatic rings. The maximum absolute atomic E-state index is 5.87.